The van der Waals surface area contributed by atoms with E-state index in [9.17, 15) is 19.3 Å². The molecule has 14 heteroatoms. The summed E-state index contributed by atoms with van der Waals surface area (Å²) in [6.45, 7) is 8.78. The molecule has 204 valence electrons. The van der Waals surface area contributed by atoms with Gasteiger partial charge in [-0.25, -0.2) is 9.55 Å². The number of H-pyrrole nitrogens is 1. The van der Waals surface area contributed by atoms with E-state index in [0.29, 0.717) is 5.57 Å². The summed E-state index contributed by atoms with van der Waals surface area (Å²) >= 11 is 0. The Morgan fingerprint density at radius 1 is 1.34 bits per heavy atom. The van der Waals surface area contributed by atoms with Gasteiger partial charge in [-0.3, -0.25) is 19.1 Å². The highest BCUT2D eigenvalue weighted by Gasteiger charge is 2.41. The third-order valence-electron chi connectivity index (χ3n) is 6.07. The molecule has 0 spiro atoms. The summed E-state index contributed by atoms with van der Waals surface area (Å²) in [6.07, 6.45) is 0.375. The molecule has 0 saturated heterocycles. The molecule has 5 N–H and O–H groups in total. The van der Waals surface area contributed by atoms with Gasteiger partial charge in [-0.15, -0.1) is 0 Å². The van der Waals surface area contributed by atoms with Crippen LogP contribution < -0.4 is 20.9 Å². The Hall–Kier alpha value is -3.51. The Labute approximate surface area is 218 Å². The van der Waals surface area contributed by atoms with Crippen LogP contribution in [-0.4, -0.2) is 55.5 Å². The van der Waals surface area contributed by atoms with Gasteiger partial charge in [0.05, 0.1) is 31.2 Å². The number of para-hydroxylation sites is 1. The van der Waals surface area contributed by atoms with Crippen molar-refractivity contribution in [3.05, 3.63) is 59.2 Å². The van der Waals surface area contributed by atoms with Crippen molar-refractivity contribution in [2.24, 2.45) is 5.92 Å². The van der Waals surface area contributed by atoms with Crippen LogP contribution in [-0.2, 0) is 18.6 Å². The number of anilines is 1. The molecule has 1 aliphatic rings. The topological polar surface area (TPSA) is 184 Å². The third kappa shape index (κ3) is 5.97. The van der Waals surface area contributed by atoms with Crippen LogP contribution in [0.2, 0.25) is 0 Å². The maximum absolute atomic E-state index is 13.8. The third-order valence-corrected chi connectivity index (χ3v) is 7.71. The average molecular weight is 547 g/mol. The average Bonchev–Trinajstić information content (AvgIpc) is 3.38. The van der Waals surface area contributed by atoms with Crippen LogP contribution in [0, 0.1) is 5.92 Å². The van der Waals surface area contributed by atoms with Crippen molar-refractivity contribution in [2.45, 2.75) is 51.5 Å². The van der Waals surface area contributed by atoms with E-state index in [1.807, 2.05) is 0 Å². The second kappa shape index (κ2) is 11.1. The molecule has 13 nitrogen and oxygen atoms in total. The molecule has 0 radical (unpaired) electrons. The number of aliphatic hydroxyl groups excluding tert-OH is 1. The number of benzene rings is 1. The lowest BCUT2D eigenvalue weighted by molar-refractivity contribution is -0.149. The number of ether oxygens (including phenoxy) is 1. The zero-order chi connectivity index (χ0) is 27.6. The smallest absolute Gasteiger partial charge is 0.459 e. The first kappa shape index (κ1) is 27.5. The highest BCUT2D eigenvalue weighted by atomic mass is 31.2. The van der Waals surface area contributed by atoms with Gasteiger partial charge >= 0.3 is 13.7 Å². The molecule has 2 heterocycles. The molecule has 1 aliphatic carbocycles. The van der Waals surface area contributed by atoms with Crippen LogP contribution in [0.25, 0.3) is 11.2 Å². The molecule has 0 unspecified atom stereocenters. The Morgan fingerprint density at radius 3 is 2.74 bits per heavy atom. The molecule has 0 amide bonds. The van der Waals surface area contributed by atoms with E-state index in [1.165, 1.54) is 13.3 Å². The van der Waals surface area contributed by atoms with Gasteiger partial charge in [0.1, 0.15) is 11.8 Å². The Kier molecular flexibility index (Phi) is 8.02. The van der Waals surface area contributed by atoms with Crippen LogP contribution in [0.3, 0.4) is 0 Å². The van der Waals surface area contributed by atoms with Gasteiger partial charge < -0.3 is 24.7 Å². The predicted molar refractivity (Wildman–Crippen MR) is 139 cm³/mol. The number of nitrogens with one attached hydrogen (secondary N) is 2. The lowest BCUT2D eigenvalue weighted by atomic mass is 10.0. The fraction of sp³-hybridized carbons (Fsp3) is 0.417. The van der Waals surface area contributed by atoms with Crippen molar-refractivity contribution < 1.29 is 28.3 Å². The second-order valence-electron chi connectivity index (χ2n) is 9.31. The summed E-state index contributed by atoms with van der Waals surface area (Å²) in [5.74, 6) is -1.08. The van der Waals surface area contributed by atoms with Crippen LogP contribution >= 0.6 is 7.75 Å². The normalized spacial score (nSPS) is 21.9. The maximum Gasteiger partial charge on any atom is 0.459 e. The van der Waals surface area contributed by atoms with Gasteiger partial charge in [0.25, 0.3) is 5.56 Å². The van der Waals surface area contributed by atoms with E-state index in [4.69, 9.17) is 19.5 Å². The second-order valence-corrected chi connectivity index (χ2v) is 11.0. The van der Waals surface area contributed by atoms with E-state index in [-0.39, 0.29) is 42.0 Å². The summed E-state index contributed by atoms with van der Waals surface area (Å²) in [6, 6.07) is 6.87. The first-order chi connectivity index (χ1) is 18.0. The zero-order valence-corrected chi connectivity index (χ0v) is 22.1. The van der Waals surface area contributed by atoms with Crippen LogP contribution in [0.5, 0.6) is 5.75 Å². The van der Waals surface area contributed by atoms with Gasteiger partial charge in [0, 0.05) is 5.92 Å². The highest BCUT2D eigenvalue weighted by Crippen LogP contribution is 2.48. The number of fused-ring (bicyclic) bond motifs is 1. The van der Waals surface area contributed by atoms with Crippen LogP contribution in [0.15, 0.2) is 53.6 Å². The number of carbonyl (C=O) groups excluding carboxylic acids is 1. The minimum Gasteiger partial charge on any atom is -0.462 e. The van der Waals surface area contributed by atoms with Crippen molar-refractivity contribution in [3.63, 3.8) is 0 Å². The van der Waals surface area contributed by atoms with Gasteiger partial charge in [-0.05, 0) is 44.9 Å². The number of carbonyl (C=O) groups is 1. The quantitative estimate of drug-likeness (QED) is 0.166. The molecule has 4 rings (SSSR count). The molecule has 0 aliphatic heterocycles. The number of aromatic nitrogens is 4. The lowest BCUT2D eigenvalue weighted by Gasteiger charge is -2.25. The number of rotatable bonds is 10. The maximum atomic E-state index is 13.8. The largest absolute Gasteiger partial charge is 0.462 e. The molecule has 3 aromatic rings. The number of nitrogens with zero attached hydrogens (tertiary/aromatic N) is 3. The van der Waals surface area contributed by atoms with E-state index in [0.717, 1.165) is 0 Å². The highest BCUT2D eigenvalue weighted by molar-refractivity contribution is 7.52. The number of esters is 1. The molecular weight excluding hydrogens is 515 g/mol. The van der Waals surface area contributed by atoms with Crippen molar-refractivity contribution in [1.82, 2.24) is 24.6 Å². The van der Waals surface area contributed by atoms with Crippen molar-refractivity contribution in [1.29, 1.82) is 0 Å². The van der Waals surface area contributed by atoms with Crippen molar-refractivity contribution in [3.8, 4) is 5.75 Å². The Morgan fingerprint density at radius 2 is 2.05 bits per heavy atom. The van der Waals surface area contributed by atoms with Crippen molar-refractivity contribution in [2.75, 3.05) is 12.3 Å². The number of hydrogen-bond donors (Lipinski definition) is 4. The summed E-state index contributed by atoms with van der Waals surface area (Å²) in [7, 11) is -4.13. The molecule has 1 fully saturated rings. The number of imidazole rings is 1. The number of aliphatic hydroxyl groups is 1. The number of hydrogen-bond acceptors (Lipinski definition) is 10. The van der Waals surface area contributed by atoms with Gasteiger partial charge in [0.15, 0.2) is 11.2 Å². The summed E-state index contributed by atoms with van der Waals surface area (Å²) in [4.78, 5) is 35.2. The molecule has 0 bridgehead atoms. The lowest BCUT2D eigenvalue weighted by Crippen LogP contribution is -2.36. The molecule has 5 atom stereocenters. The van der Waals surface area contributed by atoms with Crippen LogP contribution in [0.4, 0.5) is 5.95 Å². The summed E-state index contributed by atoms with van der Waals surface area (Å²) < 4.78 is 32.0. The Bertz CT molecular complexity index is 1420. The molecular formula is C24H31N6O7P. The zero-order valence-electron chi connectivity index (χ0n) is 21.2. The molecule has 38 heavy (non-hydrogen) atoms. The number of nitrogens with two attached hydrogens (primary N) is 1. The monoisotopic (exact) mass is 546 g/mol. The minimum absolute atomic E-state index is 0.0662. The summed E-state index contributed by atoms with van der Waals surface area (Å²) in [5.41, 5.74) is 6.13. The predicted octanol–water partition coefficient (Wildman–Crippen LogP) is 2.31. The van der Waals surface area contributed by atoms with E-state index in [1.54, 1.807) is 48.7 Å². The van der Waals surface area contributed by atoms with Gasteiger partial charge in [0.2, 0.25) is 5.95 Å². The standard InChI is InChI=1S/C24H31N6O7P/c1-13(2)36-23(33)15(4)29-38(34,37-16-8-6-5-7-9-16)35-11-17-14(3)18(10-19(17)31)30-12-26-20-21(30)27-24(25)28-22(20)32/h5-9,12-13,15,17-19,31H,3,10-11H2,1-2,4H3,(H,29,34)(H3,25,27,28,32)/t15-,17-,18-,19-,38-/m0/s1. The van der Waals surface area contributed by atoms with Crippen molar-refractivity contribution >= 4 is 30.8 Å². The molecule has 2 aromatic heterocycles. The fourth-order valence-electron chi connectivity index (χ4n) is 4.23. The summed E-state index contributed by atoms with van der Waals surface area (Å²) in [5, 5.41) is 13.5. The molecule has 1 saturated carbocycles. The van der Waals surface area contributed by atoms with Crippen LogP contribution in [0.1, 0.15) is 33.2 Å². The first-order valence-corrected chi connectivity index (χ1v) is 13.6. The van der Waals surface area contributed by atoms with E-state index < -0.39 is 43.4 Å². The molecule has 1 aromatic carbocycles. The van der Waals surface area contributed by atoms with Gasteiger partial charge in [-0.1, -0.05) is 24.8 Å². The number of aromatic amines is 1. The Balaban J connectivity index is 1.53. The minimum atomic E-state index is -4.13. The van der Waals surface area contributed by atoms with E-state index >= 15 is 0 Å². The first-order valence-electron chi connectivity index (χ1n) is 12.0. The van der Waals surface area contributed by atoms with E-state index in [2.05, 4.69) is 26.6 Å². The van der Waals surface area contributed by atoms with Gasteiger partial charge in [-0.2, -0.15) is 10.1 Å². The fourth-order valence-corrected chi connectivity index (χ4v) is 5.75. The number of nitrogen functional groups attached to an aromatic ring is 1. The SMILES string of the molecule is C=C1[C@H](CO[P@@](=O)(N[C@@H](C)C(=O)OC(C)C)Oc2ccccc2)[C@@H](O)C[C@@H]1n1cnc2c(=O)[nH]c(N)nc21.